The molecule has 0 N–H and O–H groups in total. The minimum Gasteiger partial charge on any atom is -0.237 e. The molecule has 0 spiro atoms. The second-order valence-corrected chi connectivity index (χ2v) is 2.56. The van der Waals surface area contributed by atoms with Gasteiger partial charge < -0.3 is 0 Å². The van der Waals surface area contributed by atoms with Gasteiger partial charge in [-0.1, -0.05) is 0 Å². The normalized spacial score (nSPS) is 9.55. The summed E-state index contributed by atoms with van der Waals surface area (Å²) < 4.78 is 4.11. The fourth-order valence-corrected chi connectivity index (χ4v) is 1.01. The van der Waals surface area contributed by atoms with Gasteiger partial charge in [-0.05, 0) is 0 Å². The Balaban J connectivity index is 2.72. The van der Waals surface area contributed by atoms with Gasteiger partial charge in [-0.3, -0.25) is 0 Å². The van der Waals surface area contributed by atoms with E-state index in [1.54, 1.807) is 0 Å². The fraction of sp³-hybridized carbons (Fsp3) is 0.500. The van der Waals surface area contributed by atoms with Crippen LogP contribution >= 0.6 is 0 Å². The highest BCUT2D eigenvalue weighted by Crippen LogP contribution is 1.93. The van der Waals surface area contributed by atoms with Crippen LogP contribution in [-0.2, 0) is 13.6 Å². The van der Waals surface area contributed by atoms with E-state index >= 15 is 0 Å². The Morgan fingerprint density at radius 2 is 2.45 bits per heavy atom. The van der Waals surface area contributed by atoms with Gasteiger partial charge in [-0.25, -0.2) is 9.13 Å². The highest BCUT2D eigenvalue weighted by Gasteiger charge is 2.06. The number of imidazole rings is 1. The van der Waals surface area contributed by atoms with Gasteiger partial charge in [0.25, 0.3) is 5.82 Å². The van der Waals surface area contributed by atoms with Gasteiger partial charge in [-0.2, -0.15) is 5.26 Å². The minimum atomic E-state index is 0.579. The number of hydrogen-bond acceptors (Lipinski definition) is 1. The smallest absolute Gasteiger partial charge is 0.237 e. The monoisotopic (exact) mass is 150 g/mol. The summed E-state index contributed by atoms with van der Waals surface area (Å²) in [4.78, 5) is 0. The van der Waals surface area contributed by atoms with Crippen molar-refractivity contribution >= 4 is 0 Å². The lowest BCUT2D eigenvalue weighted by atomic mass is 10.4. The molecule has 1 aromatic rings. The number of nitriles is 1. The molecule has 1 heterocycles. The second kappa shape index (κ2) is 3.20. The maximum absolute atomic E-state index is 8.36. The third kappa shape index (κ3) is 1.58. The van der Waals surface area contributed by atoms with Crippen molar-refractivity contribution in [2.75, 3.05) is 0 Å². The second-order valence-electron chi connectivity index (χ2n) is 2.56. The van der Waals surface area contributed by atoms with E-state index in [0.29, 0.717) is 6.42 Å². The standard InChI is InChI=1S/C8H12N3/c1-8-10(2)6-7-11(8)5-3-4-9/h6-7H,3,5H2,1-2H3/q+1. The summed E-state index contributed by atoms with van der Waals surface area (Å²) >= 11 is 0. The van der Waals surface area contributed by atoms with Crippen LogP contribution in [0.15, 0.2) is 12.4 Å². The summed E-state index contributed by atoms with van der Waals surface area (Å²) in [6.45, 7) is 2.83. The molecule has 0 aliphatic rings. The molecule has 0 bridgehead atoms. The molecular weight excluding hydrogens is 138 g/mol. The molecule has 0 aliphatic carbocycles. The van der Waals surface area contributed by atoms with Gasteiger partial charge in [0.2, 0.25) is 0 Å². The van der Waals surface area contributed by atoms with E-state index in [4.69, 9.17) is 5.26 Å². The van der Waals surface area contributed by atoms with E-state index in [0.717, 1.165) is 6.54 Å². The molecule has 0 saturated heterocycles. The minimum absolute atomic E-state index is 0.579. The Morgan fingerprint density at radius 3 is 2.91 bits per heavy atom. The average molecular weight is 150 g/mol. The number of aromatic nitrogens is 2. The average Bonchev–Trinajstić information content (AvgIpc) is 2.31. The lowest BCUT2D eigenvalue weighted by Crippen LogP contribution is -2.29. The number of hydrogen-bond donors (Lipinski definition) is 0. The van der Waals surface area contributed by atoms with Crippen LogP contribution in [0, 0.1) is 18.3 Å². The van der Waals surface area contributed by atoms with Gasteiger partial charge in [0.15, 0.2) is 0 Å². The molecule has 0 radical (unpaired) electrons. The molecule has 0 aliphatic heterocycles. The van der Waals surface area contributed by atoms with Crippen molar-refractivity contribution < 1.29 is 4.57 Å². The predicted molar refractivity (Wildman–Crippen MR) is 40.6 cm³/mol. The van der Waals surface area contributed by atoms with Gasteiger partial charge >= 0.3 is 0 Å². The van der Waals surface area contributed by atoms with Crippen molar-refractivity contribution in [3.8, 4) is 6.07 Å². The topological polar surface area (TPSA) is 32.6 Å². The first kappa shape index (κ1) is 7.80. The molecule has 0 saturated carbocycles. The van der Waals surface area contributed by atoms with E-state index in [-0.39, 0.29) is 0 Å². The SMILES string of the molecule is Cc1n(CCC#N)cc[n+]1C. The van der Waals surface area contributed by atoms with E-state index in [1.165, 1.54) is 5.82 Å². The summed E-state index contributed by atoms with van der Waals surface area (Å²) in [6.07, 6.45) is 4.56. The molecule has 58 valence electrons. The number of nitrogens with zero attached hydrogens (tertiary/aromatic N) is 3. The molecule has 0 amide bonds. The van der Waals surface area contributed by atoms with Crippen molar-refractivity contribution in [3.63, 3.8) is 0 Å². The van der Waals surface area contributed by atoms with E-state index in [9.17, 15) is 0 Å². The maximum Gasteiger partial charge on any atom is 0.253 e. The van der Waals surface area contributed by atoms with Gasteiger partial charge in [0.05, 0.1) is 19.5 Å². The summed E-state index contributed by atoms with van der Waals surface area (Å²) in [5, 5.41) is 8.36. The lowest BCUT2D eigenvalue weighted by molar-refractivity contribution is -0.677. The lowest BCUT2D eigenvalue weighted by Gasteiger charge is -1.92. The van der Waals surface area contributed by atoms with Crippen molar-refractivity contribution in [2.24, 2.45) is 7.05 Å². The molecule has 1 rings (SSSR count). The van der Waals surface area contributed by atoms with E-state index < -0.39 is 0 Å². The third-order valence-corrected chi connectivity index (χ3v) is 1.86. The highest BCUT2D eigenvalue weighted by atomic mass is 15.1. The molecule has 11 heavy (non-hydrogen) atoms. The molecule has 0 atom stereocenters. The first-order valence-corrected chi connectivity index (χ1v) is 3.64. The van der Waals surface area contributed by atoms with Crippen LogP contribution in [0.1, 0.15) is 12.2 Å². The van der Waals surface area contributed by atoms with Crippen LogP contribution < -0.4 is 4.57 Å². The first-order chi connectivity index (χ1) is 5.25. The largest absolute Gasteiger partial charge is 0.253 e. The molecular formula is C8H12N3+. The Morgan fingerprint density at radius 1 is 1.73 bits per heavy atom. The summed E-state index contributed by atoms with van der Waals surface area (Å²) in [5.74, 6) is 1.18. The summed E-state index contributed by atoms with van der Waals surface area (Å²) in [7, 11) is 2.00. The molecule has 0 unspecified atom stereocenters. The number of aryl methyl sites for hydroxylation is 2. The molecule has 1 aromatic heterocycles. The van der Waals surface area contributed by atoms with Crippen molar-refractivity contribution in [3.05, 3.63) is 18.2 Å². The van der Waals surface area contributed by atoms with Crippen LogP contribution in [0.3, 0.4) is 0 Å². The van der Waals surface area contributed by atoms with Crippen LogP contribution in [0.2, 0.25) is 0 Å². The summed E-state index contributed by atoms with van der Waals surface area (Å²) in [5.41, 5.74) is 0. The maximum atomic E-state index is 8.36. The van der Waals surface area contributed by atoms with E-state index in [1.807, 2.05) is 30.9 Å². The van der Waals surface area contributed by atoms with Crippen molar-refractivity contribution in [1.29, 1.82) is 5.26 Å². The molecule has 0 aromatic carbocycles. The zero-order valence-corrected chi connectivity index (χ0v) is 6.91. The Labute approximate surface area is 66.5 Å². The third-order valence-electron chi connectivity index (χ3n) is 1.86. The zero-order valence-electron chi connectivity index (χ0n) is 6.91. The van der Waals surface area contributed by atoms with E-state index in [2.05, 4.69) is 10.6 Å². The quantitative estimate of drug-likeness (QED) is 0.566. The molecule has 0 fully saturated rings. The van der Waals surface area contributed by atoms with Crippen molar-refractivity contribution in [1.82, 2.24) is 4.57 Å². The first-order valence-electron chi connectivity index (χ1n) is 3.64. The Hall–Kier alpha value is -1.30. The van der Waals surface area contributed by atoms with Crippen LogP contribution in [0.25, 0.3) is 0 Å². The summed E-state index contributed by atoms with van der Waals surface area (Å²) in [6, 6.07) is 2.12. The molecule has 3 nitrogen and oxygen atoms in total. The zero-order chi connectivity index (χ0) is 8.27. The van der Waals surface area contributed by atoms with Crippen LogP contribution in [-0.4, -0.2) is 4.57 Å². The Kier molecular flexibility index (Phi) is 2.27. The Bertz CT molecular complexity index is 280. The highest BCUT2D eigenvalue weighted by molar-refractivity contribution is 4.81. The van der Waals surface area contributed by atoms with Crippen LogP contribution in [0.5, 0.6) is 0 Å². The van der Waals surface area contributed by atoms with Crippen LogP contribution in [0.4, 0.5) is 0 Å². The van der Waals surface area contributed by atoms with Gasteiger partial charge in [-0.15, -0.1) is 0 Å². The number of rotatable bonds is 2. The van der Waals surface area contributed by atoms with Gasteiger partial charge in [0, 0.05) is 6.92 Å². The molecule has 3 heteroatoms. The fourth-order valence-electron chi connectivity index (χ4n) is 1.01. The predicted octanol–water partition coefficient (Wildman–Crippen LogP) is 0.535. The van der Waals surface area contributed by atoms with Crippen molar-refractivity contribution in [2.45, 2.75) is 19.9 Å². The van der Waals surface area contributed by atoms with Gasteiger partial charge in [0.1, 0.15) is 18.9 Å².